The number of carbonyl (C=O) groups is 1. The SMILES string of the molecule is CCc1cnc2nc(N3CCC[C@@H]3C(=O)CCc3ccccc3)sc2c1C.Cl. The molecule has 3 aromatic rings. The van der Waals surface area contributed by atoms with Crippen molar-refractivity contribution in [3.05, 3.63) is 53.2 Å². The van der Waals surface area contributed by atoms with Crippen molar-refractivity contribution in [1.82, 2.24) is 9.97 Å². The Kier molecular flexibility index (Phi) is 6.68. The first kappa shape index (κ1) is 20.7. The molecule has 1 aliphatic heterocycles. The van der Waals surface area contributed by atoms with Crippen LogP contribution in [0.25, 0.3) is 10.3 Å². The van der Waals surface area contributed by atoms with Gasteiger partial charge in [-0.1, -0.05) is 48.6 Å². The lowest BCUT2D eigenvalue weighted by Crippen LogP contribution is -2.36. The average Bonchev–Trinajstić information content (AvgIpc) is 3.34. The van der Waals surface area contributed by atoms with E-state index in [1.807, 2.05) is 24.4 Å². The number of carbonyl (C=O) groups excluding carboxylic acids is 1. The number of anilines is 1. The summed E-state index contributed by atoms with van der Waals surface area (Å²) < 4.78 is 1.16. The molecule has 0 spiro atoms. The van der Waals surface area contributed by atoms with Gasteiger partial charge in [-0.25, -0.2) is 4.98 Å². The summed E-state index contributed by atoms with van der Waals surface area (Å²) >= 11 is 1.69. The fourth-order valence-electron chi connectivity index (χ4n) is 3.90. The van der Waals surface area contributed by atoms with Crippen LogP contribution >= 0.6 is 23.7 Å². The van der Waals surface area contributed by atoms with Gasteiger partial charge in [0.2, 0.25) is 0 Å². The minimum atomic E-state index is -0.0415. The Bertz CT molecular complexity index is 957. The topological polar surface area (TPSA) is 46.1 Å². The van der Waals surface area contributed by atoms with Crippen LogP contribution in [0.15, 0.2) is 36.5 Å². The molecule has 0 radical (unpaired) electrons. The molecule has 1 saturated heterocycles. The number of benzene rings is 1. The first-order valence-corrected chi connectivity index (χ1v) is 10.6. The van der Waals surface area contributed by atoms with Gasteiger partial charge < -0.3 is 4.90 Å². The highest BCUT2D eigenvalue weighted by Gasteiger charge is 2.32. The smallest absolute Gasteiger partial charge is 0.188 e. The third-order valence-corrected chi connectivity index (χ3v) is 6.72. The largest absolute Gasteiger partial charge is 0.338 e. The fourth-order valence-corrected chi connectivity index (χ4v) is 5.03. The lowest BCUT2D eigenvalue weighted by molar-refractivity contribution is -0.120. The second kappa shape index (κ2) is 9.01. The average molecular weight is 416 g/mol. The summed E-state index contributed by atoms with van der Waals surface area (Å²) in [5.74, 6) is 0.328. The summed E-state index contributed by atoms with van der Waals surface area (Å²) in [7, 11) is 0. The molecule has 0 N–H and O–H groups in total. The second-order valence-corrected chi connectivity index (χ2v) is 8.19. The lowest BCUT2D eigenvalue weighted by atomic mass is 10.0. The molecule has 1 atom stereocenters. The zero-order valence-electron chi connectivity index (χ0n) is 16.4. The zero-order chi connectivity index (χ0) is 18.8. The van der Waals surface area contributed by atoms with Crippen molar-refractivity contribution in [2.24, 2.45) is 0 Å². The monoisotopic (exact) mass is 415 g/mol. The van der Waals surface area contributed by atoms with E-state index in [1.54, 1.807) is 11.3 Å². The number of thiazole rings is 1. The summed E-state index contributed by atoms with van der Waals surface area (Å²) in [6.45, 7) is 5.21. The van der Waals surface area contributed by atoms with Gasteiger partial charge >= 0.3 is 0 Å². The number of aryl methyl sites for hydroxylation is 3. The minimum absolute atomic E-state index is 0. The maximum absolute atomic E-state index is 12.9. The number of pyridine rings is 1. The van der Waals surface area contributed by atoms with Crippen molar-refractivity contribution in [3.8, 4) is 0 Å². The number of Topliss-reactive ketones (excluding diaryl/α,β-unsaturated/α-hetero) is 1. The van der Waals surface area contributed by atoms with Crippen molar-refractivity contribution in [3.63, 3.8) is 0 Å². The normalized spacial score (nSPS) is 16.4. The fraction of sp³-hybridized carbons (Fsp3) is 0.409. The molecular formula is C22H26ClN3OS. The van der Waals surface area contributed by atoms with E-state index in [0.717, 1.165) is 47.7 Å². The van der Waals surface area contributed by atoms with Crippen molar-refractivity contribution >= 4 is 45.0 Å². The van der Waals surface area contributed by atoms with Gasteiger partial charge in [-0.05, 0) is 49.3 Å². The molecule has 0 amide bonds. The van der Waals surface area contributed by atoms with Crippen molar-refractivity contribution < 1.29 is 4.79 Å². The molecule has 2 aromatic heterocycles. The van der Waals surface area contributed by atoms with Crippen LogP contribution in [0.1, 0.15) is 42.9 Å². The number of halogens is 1. The molecule has 1 fully saturated rings. The van der Waals surface area contributed by atoms with E-state index in [0.29, 0.717) is 12.2 Å². The highest BCUT2D eigenvalue weighted by Crippen LogP contribution is 2.35. The summed E-state index contributed by atoms with van der Waals surface area (Å²) in [6, 6.07) is 10.2. The van der Waals surface area contributed by atoms with Crippen LogP contribution in [0.5, 0.6) is 0 Å². The summed E-state index contributed by atoms with van der Waals surface area (Å²) in [5, 5.41) is 0.949. The van der Waals surface area contributed by atoms with Gasteiger partial charge in [0.1, 0.15) is 0 Å². The van der Waals surface area contributed by atoms with Crippen LogP contribution in [-0.2, 0) is 17.6 Å². The number of fused-ring (bicyclic) bond motifs is 1. The molecule has 3 heterocycles. The Hall–Kier alpha value is -1.98. The molecule has 4 rings (SSSR count). The van der Waals surface area contributed by atoms with E-state index in [1.165, 1.54) is 16.7 Å². The van der Waals surface area contributed by atoms with Crippen LogP contribution in [0.4, 0.5) is 5.13 Å². The van der Waals surface area contributed by atoms with Gasteiger partial charge in [0, 0.05) is 19.2 Å². The first-order chi connectivity index (χ1) is 13.2. The van der Waals surface area contributed by atoms with Crippen LogP contribution < -0.4 is 4.90 Å². The van der Waals surface area contributed by atoms with Gasteiger partial charge in [0.25, 0.3) is 0 Å². The molecule has 4 nitrogen and oxygen atoms in total. The molecule has 28 heavy (non-hydrogen) atoms. The van der Waals surface area contributed by atoms with E-state index in [2.05, 4.69) is 35.9 Å². The van der Waals surface area contributed by atoms with Gasteiger partial charge in [0.05, 0.1) is 10.7 Å². The van der Waals surface area contributed by atoms with Crippen molar-refractivity contribution in [2.45, 2.75) is 52.0 Å². The highest BCUT2D eigenvalue weighted by atomic mass is 35.5. The van der Waals surface area contributed by atoms with E-state index >= 15 is 0 Å². The molecule has 1 aromatic carbocycles. The Balaban J connectivity index is 0.00000225. The summed E-state index contributed by atoms with van der Waals surface area (Å²) in [5.41, 5.74) is 4.58. The number of ketones is 1. The van der Waals surface area contributed by atoms with Crippen molar-refractivity contribution in [2.75, 3.05) is 11.4 Å². The van der Waals surface area contributed by atoms with Crippen LogP contribution in [-0.4, -0.2) is 28.3 Å². The molecule has 0 bridgehead atoms. The molecule has 148 valence electrons. The third-order valence-electron chi connectivity index (χ3n) is 5.52. The summed E-state index contributed by atoms with van der Waals surface area (Å²) in [6.07, 6.45) is 6.29. The number of rotatable bonds is 6. The Morgan fingerprint density at radius 1 is 1.29 bits per heavy atom. The molecule has 0 saturated carbocycles. The molecule has 0 unspecified atom stereocenters. The Labute approximate surface area is 176 Å². The predicted molar refractivity (Wildman–Crippen MR) is 119 cm³/mol. The van der Waals surface area contributed by atoms with E-state index < -0.39 is 0 Å². The van der Waals surface area contributed by atoms with E-state index in [9.17, 15) is 4.79 Å². The number of hydrogen-bond acceptors (Lipinski definition) is 5. The maximum Gasteiger partial charge on any atom is 0.188 e. The molecule has 0 aliphatic carbocycles. The maximum atomic E-state index is 12.9. The van der Waals surface area contributed by atoms with E-state index in [4.69, 9.17) is 4.98 Å². The van der Waals surface area contributed by atoms with Gasteiger partial charge in [0.15, 0.2) is 16.6 Å². The van der Waals surface area contributed by atoms with Gasteiger partial charge in [-0.2, -0.15) is 4.98 Å². The summed E-state index contributed by atoms with van der Waals surface area (Å²) in [4.78, 5) is 24.4. The third kappa shape index (κ3) is 4.06. The number of hydrogen-bond donors (Lipinski definition) is 0. The van der Waals surface area contributed by atoms with Crippen LogP contribution in [0, 0.1) is 6.92 Å². The Morgan fingerprint density at radius 3 is 2.82 bits per heavy atom. The van der Waals surface area contributed by atoms with Crippen LogP contribution in [0.3, 0.4) is 0 Å². The standard InChI is InChI=1S/C22H25N3OS.ClH/c1-3-17-14-23-21-20(15(17)2)27-22(24-21)25-13-7-10-18(25)19(26)12-11-16-8-5-4-6-9-16;/h4-6,8-9,14,18H,3,7,10-13H2,1-2H3;1H/t18-;/m1./s1. The minimum Gasteiger partial charge on any atom is -0.338 e. The van der Waals surface area contributed by atoms with Crippen LogP contribution in [0.2, 0.25) is 0 Å². The van der Waals surface area contributed by atoms with E-state index in [-0.39, 0.29) is 18.4 Å². The Morgan fingerprint density at radius 2 is 2.07 bits per heavy atom. The van der Waals surface area contributed by atoms with Gasteiger partial charge in [-0.15, -0.1) is 12.4 Å². The number of nitrogens with zero attached hydrogens (tertiary/aromatic N) is 3. The number of aromatic nitrogens is 2. The second-order valence-electron chi connectivity index (χ2n) is 7.21. The van der Waals surface area contributed by atoms with Gasteiger partial charge in [-0.3, -0.25) is 4.79 Å². The lowest BCUT2D eigenvalue weighted by Gasteiger charge is -2.22. The highest BCUT2D eigenvalue weighted by molar-refractivity contribution is 7.22. The molecular weight excluding hydrogens is 390 g/mol. The molecule has 6 heteroatoms. The quantitative estimate of drug-likeness (QED) is 0.558. The van der Waals surface area contributed by atoms with Crippen molar-refractivity contribution in [1.29, 1.82) is 0 Å². The zero-order valence-corrected chi connectivity index (χ0v) is 18.0. The first-order valence-electron chi connectivity index (χ1n) is 9.75. The molecule has 1 aliphatic rings. The predicted octanol–water partition coefficient (Wildman–Crippen LogP) is 5.15.